The molecule has 3 aromatic rings. The molecule has 0 unspecified atom stereocenters. The predicted molar refractivity (Wildman–Crippen MR) is 133 cm³/mol. The summed E-state index contributed by atoms with van der Waals surface area (Å²) in [5.74, 6) is 0. The number of alkyl carbamates (subject to hydrolysis) is 1. The molecule has 0 spiro atoms. The Morgan fingerprint density at radius 1 is 0.912 bits per heavy atom. The fourth-order valence-electron chi connectivity index (χ4n) is 4.11. The van der Waals surface area contributed by atoms with E-state index >= 15 is 0 Å². The molecule has 0 radical (unpaired) electrons. The van der Waals surface area contributed by atoms with Crippen molar-refractivity contribution in [2.75, 3.05) is 39.3 Å². The minimum absolute atomic E-state index is 0.225. The summed E-state index contributed by atoms with van der Waals surface area (Å²) in [6.45, 7) is 3.46. The van der Waals surface area contributed by atoms with Crippen LogP contribution >= 0.6 is 11.6 Å². The number of amides is 1. The Morgan fingerprint density at radius 2 is 1.68 bits per heavy atom. The number of carbonyl (C=O) groups excluding carboxylic acids is 1. The molecule has 1 saturated heterocycles. The number of fused-ring (bicyclic) bond motifs is 1. The van der Waals surface area contributed by atoms with Gasteiger partial charge in [-0.1, -0.05) is 66.2 Å². The van der Waals surface area contributed by atoms with E-state index in [1.54, 1.807) is 34.6 Å². The molecule has 9 heteroatoms. The second kappa shape index (κ2) is 11.2. The third-order valence-corrected chi connectivity index (χ3v) is 8.19. The molecule has 7 nitrogen and oxygen atoms in total. The van der Waals surface area contributed by atoms with Gasteiger partial charge in [-0.2, -0.15) is 4.31 Å². The van der Waals surface area contributed by atoms with Crippen LogP contribution in [-0.2, 0) is 21.4 Å². The first kappa shape index (κ1) is 24.5. The lowest BCUT2D eigenvalue weighted by atomic mass is 10.1. The van der Waals surface area contributed by atoms with Crippen molar-refractivity contribution in [1.29, 1.82) is 0 Å². The number of nitrogens with one attached hydrogen (secondary N) is 1. The molecule has 1 heterocycles. The van der Waals surface area contributed by atoms with Gasteiger partial charge in [-0.25, -0.2) is 13.2 Å². The molecule has 3 aromatic carbocycles. The highest BCUT2D eigenvalue weighted by Crippen LogP contribution is 2.30. The lowest BCUT2D eigenvalue weighted by Gasteiger charge is -2.22. The van der Waals surface area contributed by atoms with E-state index in [9.17, 15) is 13.2 Å². The van der Waals surface area contributed by atoms with E-state index in [2.05, 4.69) is 10.2 Å². The molecule has 1 fully saturated rings. The summed E-state index contributed by atoms with van der Waals surface area (Å²) in [7, 11) is -3.66. The van der Waals surface area contributed by atoms with E-state index in [-0.39, 0.29) is 11.5 Å². The largest absolute Gasteiger partial charge is 0.445 e. The highest BCUT2D eigenvalue weighted by atomic mass is 35.5. The highest BCUT2D eigenvalue weighted by molar-refractivity contribution is 7.89. The van der Waals surface area contributed by atoms with Crippen LogP contribution in [0.25, 0.3) is 10.8 Å². The maximum absolute atomic E-state index is 13.5. The molecule has 0 aromatic heterocycles. The summed E-state index contributed by atoms with van der Waals surface area (Å²) < 4.78 is 33.7. The van der Waals surface area contributed by atoms with Crippen molar-refractivity contribution in [3.05, 3.63) is 77.3 Å². The van der Waals surface area contributed by atoms with Gasteiger partial charge in [-0.05, 0) is 30.7 Å². The van der Waals surface area contributed by atoms with Gasteiger partial charge in [0.2, 0.25) is 10.0 Å². The SMILES string of the molecule is O=C(NCCN1CCCN(S(=O)(=O)c2cccc3c(Cl)cccc23)CC1)OCc1ccccc1. The first-order valence-corrected chi connectivity index (χ1v) is 13.1. The van der Waals surface area contributed by atoms with Crippen molar-refractivity contribution in [3.63, 3.8) is 0 Å². The summed E-state index contributed by atoms with van der Waals surface area (Å²) in [6, 6.07) is 20.0. The van der Waals surface area contributed by atoms with Crippen molar-refractivity contribution < 1.29 is 17.9 Å². The molecule has 0 atom stereocenters. The molecule has 1 amide bonds. The summed E-state index contributed by atoms with van der Waals surface area (Å²) in [5, 5.41) is 4.66. The number of ether oxygens (including phenoxy) is 1. The van der Waals surface area contributed by atoms with E-state index in [1.807, 2.05) is 36.4 Å². The lowest BCUT2D eigenvalue weighted by Crippen LogP contribution is -2.38. The molecule has 1 aliphatic rings. The van der Waals surface area contributed by atoms with Crippen LogP contribution in [0, 0.1) is 0 Å². The first-order valence-electron chi connectivity index (χ1n) is 11.3. The van der Waals surface area contributed by atoms with E-state index in [0.717, 1.165) is 17.5 Å². The van der Waals surface area contributed by atoms with Crippen LogP contribution < -0.4 is 5.32 Å². The Morgan fingerprint density at radius 3 is 2.50 bits per heavy atom. The van der Waals surface area contributed by atoms with Gasteiger partial charge in [-0.3, -0.25) is 0 Å². The Bertz CT molecular complexity index is 1240. The standard InChI is InChI=1S/C25H28ClN3O4S/c26-23-11-4-10-22-21(23)9-5-12-24(22)34(31,32)29-15-6-14-28(17-18-29)16-13-27-25(30)33-19-20-7-2-1-3-8-20/h1-5,7-12H,6,13-19H2,(H,27,30). The van der Waals surface area contributed by atoms with Gasteiger partial charge in [0.25, 0.3) is 0 Å². The molecule has 0 aliphatic carbocycles. The van der Waals surface area contributed by atoms with Gasteiger partial charge in [0.1, 0.15) is 6.61 Å². The third kappa shape index (κ3) is 5.88. The zero-order valence-electron chi connectivity index (χ0n) is 18.8. The van der Waals surface area contributed by atoms with Crippen LogP contribution in [0.4, 0.5) is 4.79 Å². The quantitative estimate of drug-likeness (QED) is 0.527. The van der Waals surface area contributed by atoms with E-state index in [0.29, 0.717) is 49.6 Å². The number of benzene rings is 3. The van der Waals surface area contributed by atoms with Crippen LogP contribution in [0.2, 0.25) is 5.02 Å². The average Bonchev–Trinajstić information content (AvgIpc) is 3.10. The lowest BCUT2D eigenvalue weighted by molar-refractivity contribution is 0.138. The first-order chi connectivity index (χ1) is 16.4. The molecule has 0 saturated carbocycles. The highest BCUT2D eigenvalue weighted by Gasteiger charge is 2.28. The van der Waals surface area contributed by atoms with Gasteiger partial charge in [0, 0.05) is 48.5 Å². The fraction of sp³-hybridized carbons (Fsp3) is 0.320. The summed E-state index contributed by atoms with van der Waals surface area (Å²) in [5.41, 5.74) is 0.930. The van der Waals surface area contributed by atoms with Gasteiger partial charge in [0.15, 0.2) is 0 Å². The van der Waals surface area contributed by atoms with Crippen LogP contribution in [0.15, 0.2) is 71.6 Å². The van der Waals surface area contributed by atoms with Crippen molar-refractivity contribution >= 4 is 38.5 Å². The zero-order valence-corrected chi connectivity index (χ0v) is 20.4. The van der Waals surface area contributed by atoms with Crippen LogP contribution in [-0.4, -0.2) is 63.0 Å². The number of rotatable bonds is 7. The molecule has 0 bridgehead atoms. The average molecular weight is 502 g/mol. The van der Waals surface area contributed by atoms with E-state index in [4.69, 9.17) is 16.3 Å². The fourth-order valence-corrected chi connectivity index (χ4v) is 6.02. The molecule has 180 valence electrons. The maximum Gasteiger partial charge on any atom is 0.407 e. The second-order valence-electron chi connectivity index (χ2n) is 8.18. The molecule has 1 aliphatic heterocycles. The Balaban J connectivity index is 1.30. The minimum atomic E-state index is -3.66. The smallest absolute Gasteiger partial charge is 0.407 e. The Kier molecular flexibility index (Phi) is 8.05. The third-order valence-electron chi connectivity index (χ3n) is 5.90. The predicted octanol–water partition coefficient (Wildman–Crippen LogP) is 4.12. The van der Waals surface area contributed by atoms with Gasteiger partial charge < -0.3 is 15.0 Å². The second-order valence-corrected chi connectivity index (χ2v) is 10.5. The van der Waals surface area contributed by atoms with Crippen LogP contribution in [0.3, 0.4) is 0 Å². The van der Waals surface area contributed by atoms with E-state index < -0.39 is 16.1 Å². The maximum atomic E-state index is 13.5. The number of hydrogen-bond donors (Lipinski definition) is 1. The Labute approximate surface area is 205 Å². The molecule has 4 rings (SSSR count). The van der Waals surface area contributed by atoms with Gasteiger partial charge in [0.05, 0.1) is 4.90 Å². The minimum Gasteiger partial charge on any atom is -0.445 e. The van der Waals surface area contributed by atoms with Crippen molar-refractivity contribution in [3.8, 4) is 0 Å². The van der Waals surface area contributed by atoms with Crippen LogP contribution in [0.5, 0.6) is 0 Å². The number of hydrogen-bond acceptors (Lipinski definition) is 5. The molecule has 34 heavy (non-hydrogen) atoms. The van der Waals surface area contributed by atoms with Crippen LogP contribution in [0.1, 0.15) is 12.0 Å². The van der Waals surface area contributed by atoms with Crippen molar-refractivity contribution in [1.82, 2.24) is 14.5 Å². The molecular weight excluding hydrogens is 474 g/mol. The summed E-state index contributed by atoms with van der Waals surface area (Å²) in [6.07, 6.45) is 0.251. The zero-order chi connectivity index (χ0) is 24.0. The van der Waals surface area contributed by atoms with Crippen molar-refractivity contribution in [2.24, 2.45) is 0 Å². The summed E-state index contributed by atoms with van der Waals surface area (Å²) in [4.78, 5) is 14.4. The van der Waals surface area contributed by atoms with Gasteiger partial charge >= 0.3 is 6.09 Å². The van der Waals surface area contributed by atoms with Gasteiger partial charge in [-0.15, -0.1) is 0 Å². The topological polar surface area (TPSA) is 79.0 Å². The summed E-state index contributed by atoms with van der Waals surface area (Å²) >= 11 is 6.28. The monoisotopic (exact) mass is 501 g/mol. The number of nitrogens with zero attached hydrogens (tertiary/aromatic N) is 2. The number of carbonyl (C=O) groups is 1. The van der Waals surface area contributed by atoms with E-state index in [1.165, 1.54) is 0 Å². The normalized spacial score (nSPS) is 15.7. The molecular formula is C25H28ClN3O4S. The number of halogens is 1. The van der Waals surface area contributed by atoms with Crippen molar-refractivity contribution in [2.45, 2.75) is 17.9 Å². The molecule has 1 N–H and O–H groups in total. The Hall–Kier alpha value is -2.65. The number of sulfonamides is 1.